The lowest BCUT2D eigenvalue weighted by Crippen LogP contribution is -2.08. The van der Waals surface area contributed by atoms with Crippen molar-refractivity contribution < 1.29 is 0 Å². The quantitative estimate of drug-likeness (QED) is 0.663. The summed E-state index contributed by atoms with van der Waals surface area (Å²) in [6.07, 6.45) is 8.54. The molecule has 0 N–H and O–H groups in total. The van der Waals surface area contributed by atoms with E-state index in [0.717, 1.165) is 24.2 Å². The molecular weight excluding hydrogens is 194 g/mol. The molecule has 0 saturated heterocycles. The van der Waals surface area contributed by atoms with Gasteiger partial charge in [0.15, 0.2) is 0 Å². The largest absolute Gasteiger partial charge is 0.254 e. The average molecular weight is 206 g/mol. The highest BCUT2D eigenvalue weighted by atomic mass is 35.5. The summed E-state index contributed by atoms with van der Waals surface area (Å²) in [5, 5.41) is 0. The van der Waals surface area contributed by atoms with Gasteiger partial charge in [0, 0.05) is 11.8 Å². The van der Waals surface area contributed by atoms with E-state index in [0.29, 0.717) is 0 Å². The monoisotopic (exact) mass is 205 g/mol. The summed E-state index contributed by atoms with van der Waals surface area (Å²) in [7, 11) is 0. The van der Waals surface area contributed by atoms with E-state index in [1.807, 2.05) is 30.3 Å². The molecule has 1 aromatic carbocycles. The van der Waals surface area contributed by atoms with Gasteiger partial charge in [0.2, 0.25) is 0 Å². The molecule has 1 nitrogen and oxygen atoms in total. The van der Waals surface area contributed by atoms with Gasteiger partial charge in [-0.1, -0.05) is 30.4 Å². The lowest BCUT2D eigenvalue weighted by molar-refractivity contribution is 1.01. The average Bonchev–Trinajstić information content (AvgIpc) is 2.30. The van der Waals surface area contributed by atoms with E-state index in [4.69, 9.17) is 11.8 Å². The third kappa shape index (κ3) is 1.99. The summed E-state index contributed by atoms with van der Waals surface area (Å²) in [6.45, 7) is 0. The molecule has 0 spiro atoms. The van der Waals surface area contributed by atoms with Crippen LogP contribution >= 0.6 is 11.8 Å². The third-order valence-electron chi connectivity index (χ3n) is 2.18. The van der Waals surface area contributed by atoms with Crippen molar-refractivity contribution in [2.75, 3.05) is 4.42 Å². The fourth-order valence-electron chi connectivity index (χ4n) is 1.45. The Kier molecular flexibility index (Phi) is 2.90. The Bertz CT molecular complexity index is 354. The van der Waals surface area contributed by atoms with Crippen molar-refractivity contribution >= 4 is 17.5 Å². The topological polar surface area (TPSA) is 3.24 Å². The molecule has 0 bridgehead atoms. The van der Waals surface area contributed by atoms with Gasteiger partial charge in [0.05, 0.1) is 11.4 Å². The van der Waals surface area contributed by atoms with E-state index in [9.17, 15) is 0 Å². The van der Waals surface area contributed by atoms with E-state index in [1.54, 1.807) is 4.42 Å². The lowest BCUT2D eigenvalue weighted by Gasteiger charge is -2.18. The fourth-order valence-corrected chi connectivity index (χ4v) is 1.69. The predicted molar refractivity (Wildman–Crippen MR) is 61.2 cm³/mol. The highest BCUT2D eigenvalue weighted by molar-refractivity contribution is 6.27. The van der Waals surface area contributed by atoms with Crippen LogP contribution in [0.2, 0.25) is 0 Å². The molecule has 1 aromatic rings. The molecule has 2 rings (SSSR count). The van der Waals surface area contributed by atoms with Crippen molar-refractivity contribution in [3.8, 4) is 0 Å². The van der Waals surface area contributed by atoms with Crippen LogP contribution in [0, 0.1) is 0 Å². The van der Waals surface area contributed by atoms with Gasteiger partial charge in [-0.25, -0.2) is 0 Å². The number of anilines is 1. The molecule has 14 heavy (non-hydrogen) atoms. The molecule has 1 aliphatic carbocycles. The van der Waals surface area contributed by atoms with Crippen LogP contribution in [0.4, 0.5) is 5.69 Å². The van der Waals surface area contributed by atoms with Crippen LogP contribution in [-0.4, -0.2) is 0 Å². The molecule has 0 amide bonds. The van der Waals surface area contributed by atoms with Gasteiger partial charge in [-0.15, -0.1) is 0 Å². The summed E-state index contributed by atoms with van der Waals surface area (Å²) in [4.78, 5) is 0. The zero-order chi connectivity index (χ0) is 9.80. The van der Waals surface area contributed by atoms with Crippen LogP contribution in [0.25, 0.3) is 0 Å². The highest BCUT2D eigenvalue weighted by Crippen LogP contribution is 2.24. The van der Waals surface area contributed by atoms with E-state index in [1.165, 1.54) is 0 Å². The molecule has 1 aliphatic rings. The van der Waals surface area contributed by atoms with E-state index in [-0.39, 0.29) is 0 Å². The second-order valence-electron chi connectivity index (χ2n) is 3.23. The van der Waals surface area contributed by atoms with E-state index in [2.05, 4.69) is 18.2 Å². The molecule has 2 heteroatoms. The Morgan fingerprint density at radius 1 is 1.07 bits per heavy atom. The molecule has 0 aliphatic heterocycles. The molecule has 0 saturated carbocycles. The van der Waals surface area contributed by atoms with Gasteiger partial charge < -0.3 is 0 Å². The molecule has 0 aromatic heterocycles. The summed E-state index contributed by atoms with van der Waals surface area (Å²) in [5.41, 5.74) is 2.07. The highest BCUT2D eigenvalue weighted by Gasteiger charge is 2.07. The van der Waals surface area contributed by atoms with Crippen LogP contribution in [0.3, 0.4) is 0 Å². The maximum absolute atomic E-state index is 6.20. The maximum Gasteiger partial charge on any atom is 0.0581 e. The smallest absolute Gasteiger partial charge is 0.0581 e. The molecule has 0 radical (unpaired) electrons. The predicted octanol–water partition coefficient (Wildman–Crippen LogP) is 3.88. The number of para-hydroxylation sites is 1. The summed E-state index contributed by atoms with van der Waals surface area (Å²) < 4.78 is 1.69. The minimum absolute atomic E-state index is 1.01. The zero-order valence-electron chi connectivity index (χ0n) is 7.86. The third-order valence-corrected chi connectivity index (χ3v) is 2.58. The molecule has 72 valence electrons. The standard InChI is InChI=1S/C12H12ClN/c13-14(11-7-3-1-4-8-11)12-9-5-2-6-10-12/h1,3-5,7-10H,2,6H2. The van der Waals surface area contributed by atoms with Crippen molar-refractivity contribution in [2.45, 2.75) is 12.8 Å². The Hall–Kier alpha value is -1.21. The number of hydrogen-bond acceptors (Lipinski definition) is 1. The van der Waals surface area contributed by atoms with E-state index >= 15 is 0 Å². The fraction of sp³-hybridized carbons (Fsp3) is 0.167. The lowest BCUT2D eigenvalue weighted by atomic mass is 10.1. The Morgan fingerprint density at radius 3 is 2.50 bits per heavy atom. The number of allylic oxidation sites excluding steroid dienone is 3. The maximum atomic E-state index is 6.20. The number of hydrogen-bond donors (Lipinski definition) is 0. The van der Waals surface area contributed by atoms with Crippen LogP contribution in [0.1, 0.15) is 12.8 Å². The van der Waals surface area contributed by atoms with Gasteiger partial charge in [0.1, 0.15) is 0 Å². The van der Waals surface area contributed by atoms with E-state index < -0.39 is 0 Å². The summed E-state index contributed by atoms with van der Waals surface area (Å²) in [6, 6.07) is 9.95. The van der Waals surface area contributed by atoms with Crippen LogP contribution in [0.5, 0.6) is 0 Å². The second kappa shape index (κ2) is 4.34. The van der Waals surface area contributed by atoms with Crippen LogP contribution < -0.4 is 4.42 Å². The number of nitrogens with zero attached hydrogens (tertiary/aromatic N) is 1. The minimum Gasteiger partial charge on any atom is -0.254 e. The van der Waals surface area contributed by atoms with Gasteiger partial charge in [-0.2, -0.15) is 0 Å². The first-order chi connectivity index (χ1) is 6.88. The Morgan fingerprint density at radius 2 is 1.86 bits per heavy atom. The van der Waals surface area contributed by atoms with Crippen molar-refractivity contribution in [3.63, 3.8) is 0 Å². The Labute approximate surface area is 89.4 Å². The zero-order valence-corrected chi connectivity index (χ0v) is 8.61. The van der Waals surface area contributed by atoms with Crippen LogP contribution in [0.15, 0.2) is 54.3 Å². The first-order valence-electron chi connectivity index (χ1n) is 4.75. The summed E-state index contributed by atoms with van der Waals surface area (Å²) >= 11 is 6.20. The Balaban J connectivity index is 2.20. The van der Waals surface area contributed by atoms with Gasteiger partial charge in [-0.05, 0) is 31.1 Å². The first kappa shape index (κ1) is 9.35. The minimum atomic E-state index is 1.01. The molecule has 0 fully saturated rings. The normalized spacial score (nSPS) is 15.1. The molecule has 0 unspecified atom stereocenters. The van der Waals surface area contributed by atoms with Gasteiger partial charge in [0.25, 0.3) is 0 Å². The molecule has 0 atom stereocenters. The van der Waals surface area contributed by atoms with Crippen molar-refractivity contribution in [1.29, 1.82) is 0 Å². The number of halogens is 1. The molecule has 0 heterocycles. The number of benzene rings is 1. The van der Waals surface area contributed by atoms with Crippen molar-refractivity contribution in [1.82, 2.24) is 0 Å². The van der Waals surface area contributed by atoms with Crippen molar-refractivity contribution in [2.24, 2.45) is 0 Å². The molecular formula is C12H12ClN. The van der Waals surface area contributed by atoms with Gasteiger partial charge >= 0.3 is 0 Å². The van der Waals surface area contributed by atoms with Gasteiger partial charge in [-0.3, -0.25) is 4.42 Å². The second-order valence-corrected chi connectivity index (χ2v) is 3.56. The summed E-state index contributed by atoms with van der Waals surface area (Å²) in [5.74, 6) is 0. The van der Waals surface area contributed by atoms with Crippen molar-refractivity contribution in [3.05, 3.63) is 54.3 Å². The number of rotatable bonds is 2. The SMILES string of the molecule is ClN(C1=CCCC=C1)c1ccccc1. The van der Waals surface area contributed by atoms with Crippen LogP contribution in [-0.2, 0) is 0 Å². The first-order valence-corrected chi connectivity index (χ1v) is 5.09.